The van der Waals surface area contributed by atoms with Crippen molar-refractivity contribution in [1.82, 2.24) is 0 Å². The Morgan fingerprint density at radius 1 is 0.391 bits per heavy atom. The SMILES string of the molecule is c1ccc(-c2coc3ccc4c5cccc(-c6c7ccccc7c(-c7ccc8ccccc8c7)c7ccccc67)c5sc4c23)cc1. The van der Waals surface area contributed by atoms with Crippen molar-refractivity contribution in [2.75, 3.05) is 0 Å². The van der Waals surface area contributed by atoms with Crippen LogP contribution in [0.4, 0.5) is 0 Å². The van der Waals surface area contributed by atoms with E-state index >= 15 is 0 Å². The van der Waals surface area contributed by atoms with Gasteiger partial charge in [0.1, 0.15) is 5.58 Å². The molecule has 0 spiro atoms. The van der Waals surface area contributed by atoms with Gasteiger partial charge in [-0.1, -0.05) is 133 Å². The van der Waals surface area contributed by atoms with Crippen LogP contribution < -0.4 is 0 Å². The van der Waals surface area contributed by atoms with Gasteiger partial charge in [-0.05, 0) is 72.8 Å². The molecule has 0 aliphatic carbocycles. The topological polar surface area (TPSA) is 13.1 Å². The maximum Gasteiger partial charge on any atom is 0.135 e. The minimum absolute atomic E-state index is 0.926. The third-order valence-electron chi connectivity index (χ3n) is 9.53. The molecule has 8 aromatic carbocycles. The molecule has 2 heterocycles. The zero-order chi connectivity index (χ0) is 30.2. The van der Waals surface area contributed by atoms with E-state index in [9.17, 15) is 0 Å². The molecule has 2 heteroatoms. The zero-order valence-corrected chi connectivity index (χ0v) is 25.6. The van der Waals surface area contributed by atoms with E-state index in [0.29, 0.717) is 0 Å². The molecule has 1 nitrogen and oxygen atoms in total. The first kappa shape index (κ1) is 25.6. The summed E-state index contributed by atoms with van der Waals surface area (Å²) < 4.78 is 8.70. The first-order valence-electron chi connectivity index (χ1n) is 15.7. The van der Waals surface area contributed by atoms with Gasteiger partial charge in [0, 0.05) is 36.7 Å². The van der Waals surface area contributed by atoms with Crippen molar-refractivity contribution in [3.8, 4) is 33.4 Å². The highest BCUT2D eigenvalue weighted by atomic mass is 32.1. The molecule has 0 N–H and O–H groups in total. The van der Waals surface area contributed by atoms with Crippen molar-refractivity contribution < 1.29 is 4.42 Å². The lowest BCUT2D eigenvalue weighted by molar-refractivity contribution is 0.617. The van der Waals surface area contributed by atoms with E-state index in [-0.39, 0.29) is 0 Å². The minimum atomic E-state index is 0.926. The lowest BCUT2D eigenvalue weighted by Crippen LogP contribution is -1.91. The van der Waals surface area contributed by atoms with Crippen LogP contribution in [0.3, 0.4) is 0 Å². The lowest BCUT2D eigenvalue weighted by Gasteiger charge is -2.18. The van der Waals surface area contributed by atoms with Crippen molar-refractivity contribution in [3.63, 3.8) is 0 Å². The maximum absolute atomic E-state index is 6.13. The first-order chi connectivity index (χ1) is 22.8. The number of rotatable bonds is 3. The minimum Gasteiger partial charge on any atom is -0.464 e. The van der Waals surface area contributed by atoms with Crippen LogP contribution in [0.2, 0.25) is 0 Å². The molecule has 0 fully saturated rings. The molecule has 0 atom stereocenters. The Balaban J connectivity index is 1.30. The Morgan fingerprint density at radius 2 is 1.02 bits per heavy atom. The quantitative estimate of drug-likeness (QED) is 0.183. The maximum atomic E-state index is 6.13. The fraction of sp³-hybridized carbons (Fsp3) is 0. The fourth-order valence-corrected chi connectivity index (χ4v) is 8.85. The van der Waals surface area contributed by atoms with Gasteiger partial charge in [0.2, 0.25) is 0 Å². The molecule has 46 heavy (non-hydrogen) atoms. The van der Waals surface area contributed by atoms with Crippen LogP contribution in [0, 0.1) is 0 Å². The summed E-state index contributed by atoms with van der Waals surface area (Å²) in [6.07, 6.45) is 1.91. The van der Waals surface area contributed by atoms with Gasteiger partial charge in [-0.2, -0.15) is 0 Å². The highest BCUT2D eigenvalue weighted by Crippen LogP contribution is 2.49. The van der Waals surface area contributed by atoms with E-state index in [2.05, 4.69) is 152 Å². The molecule has 0 saturated heterocycles. The Morgan fingerprint density at radius 3 is 1.78 bits per heavy atom. The highest BCUT2D eigenvalue weighted by Gasteiger charge is 2.21. The summed E-state index contributed by atoms with van der Waals surface area (Å²) in [5, 5.41) is 11.3. The second kappa shape index (κ2) is 9.90. The number of hydrogen-bond acceptors (Lipinski definition) is 2. The highest BCUT2D eigenvalue weighted by molar-refractivity contribution is 7.27. The van der Waals surface area contributed by atoms with E-state index in [4.69, 9.17) is 4.42 Å². The van der Waals surface area contributed by atoms with Crippen LogP contribution in [0.1, 0.15) is 0 Å². The van der Waals surface area contributed by atoms with Gasteiger partial charge >= 0.3 is 0 Å². The second-order valence-electron chi connectivity index (χ2n) is 12.0. The summed E-state index contributed by atoms with van der Waals surface area (Å²) in [7, 11) is 0. The van der Waals surface area contributed by atoms with E-state index in [1.165, 1.54) is 85.7 Å². The van der Waals surface area contributed by atoms with E-state index in [1.807, 2.05) is 17.6 Å². The monoisotopic (exact) mass is 602 g/mol. The van der Waals surface area contributed by atoms with Gasteiger partial charge in [0.25, 0.3) is 0 Å². The lowest BCUT2D eigenvalue weighted by atomic mass is 9.85. The normalized spacial score (nSPS) is 11.9. The number of benzene rings is 8. The first-order valence-corrected chi connectivity index (χ1v) is 16.5. The van der Waals surface area contributed by atoms with Gasteiger partial charge in [-0.25, -0.2) is 0 Å². The Bertz CT molecular complexity index is 2740. The second-order valence-corrected chi connectivity index (χ2v) is 13.0. The van der Waals surface area contributed by atoms with Crippen molar-refractivity contribution in [2.24, 2.45) is 0 Å². The Kier molecular flexibility index (Phi) is 5.51. The summed E-state index contributed by atoms with van der Waals surface area (Å²) in [4.78, 5) is 0. The average molecular weight is 603 g/mol. The molecule has 0 aliphatic heterocycles. The van der Waals surface area contributed by atoms with Crippen LogP contribution >= 0.6 is 11.3 Å². The van der Waals surface area contributed by atoms with Crippen LogP contribution in [0.15, 0.2) is 162 Å². The van der Waals surface area contributed by atoms with Crippen molar-refractivity contribution in [3.05, 3.63) is 158 Å². The van der Waals surface area contributed by atoms with Gasteiger partial charge < -0.3 is 4.42 Å². The number of hydrogen-bond donors (Lipinski definition) is 0. The average Bonchev–Trinajstić information content (AvgIpc) is 3.73. The zero-order valence-electron chi connectivity index (χ0n) is 24.8. The van der Waals surface area contributed by atoms with E-state index in [0.717, 1.165) is 11.1 Å². The predicted octanol–water partition coefficient (Wildman–Crippen LogP) is 13.3. The summed E-state index contributed by atoms with van der Waals surface area (Å²) in [6.45, 7) is 0. The van der Waals surface area contributed by atoms with Crippen LogP contribution in [0.5, 0.6) is 0 Å². The molecule has 0 unspecified atom stereocenters. The molecule has 0 radical (unpaired) electrons. The summed E-state index contributed by atoms with van der Waals surface area (Å²) in [6, 6.07) is 55.1. The standard InChI is InChI=1S/C44H26OS/c1-2-12-28(13-3-1)38-26-45-39-24-23-36-35-19-10-20-37(43(35)46-44(36)42(38)39)41-33-17-8-6-15-31(33)40(32-16-7-9-18-34(32)41)30-22-21-27-11-4-5-14-29(27)25-30/h1-26H. The van der Waals surface area contributed by atoms with Gasteiger partial charge in [-0.15, -0.1) is 11.3 Å². The third-order valence-corrected chi connectivity index (χ3v) is 10.8. The summed E-state index contributed by atoms with van der Waals surface area (Å²) in [5.41, 5.74) is 8.34. The predicted molar refractivity (Wildman–Crippen MR) is 198 cm³/mol. The molecule has 0 amide bonds. The van der Waals surface area contributed by atoms with Gasteiger partial charge in [0.05, 0.1) is 6.26 Å². The van der Waals surface area contributed by atoms with E-state index in [1.54, 1.807) is 0 Å². The molecule has 0 bridgehead atoms. The summed E-state index contributed by atoms with van der Waals surface area (Å²) >= 11 is 1.89. The Labute approximate surface area is 269 Å². The fourth-order valence-electron chi connectivity index (χ4n) is 7.48. The molecule has 0 saturated carbocycles. The Hall–Kier alpha value is -5.70. The molecule has 2 aromatic heterocycles. The van der Waals surface area contributed by atoms with Crippen LogP contribution in [-0.4, -0.2) is 0 Å². The van der Waals surface area contributed by atoms with Crippen LogP contribution in [-0.2, 0) is 0 Å². The number of thiophene rings is 1. The third kappa shape index (κ3) is 3.68. The summed E-state index contributed by atoms with van der Waals surface area (Å²) in [5.74, 6) is 0. The van der Waals surface area contributed by atoms with Gasteiger partial charge in [-0.3, -0.25) is 0 Å². The number of fused-ring (bicyclic) bond motifs is 8. The van der Waals surface area contributed by atoms with Gasteiger partial charge in [0.15, 0.2) is 0 Å². The molecule has 10 rings (SSSR count). The molecule has 214 valence electrons. The molecule has 10 aromatic rings. The smallest absolute Gasteiger partial charge is 0.135 e. The molecular formula is C44H26OS. The molecular weight excluding hydrogens is 577 g/mol. The number of furan rings is 1. The van der Waals surface area contributed by atoms with Crippen LogP contribution in [0.25, 0.3) is 96.8 Å². The van der Waals surface area contributed by atoms with E-state index < -0.39 is 0 Å². The van der Waals surface area contributed by atoms with Crippen molar-refractivity contribution >= 4 is 74.8 Å². The largest absolute Gasteiger partial charge is 0.464 e. The molecule has 0 aliphatic rings. The van der Waals surface area contributed by atoms with Crippen molar-refractivity contribution in [2.45, 2.75) is 0 Å². The van der Waals surface area contributed by atoms with Crippen molar-refractivity contribution in [1.29, 1.82) is 0 Å².